The molecule has 1 aromatic carbocycles. The Morgan fingerprint density at radius 1 is 1.12 bits per heavy atom. The first-order valence-electron chi connectivity index (χ1n) is 6.52. The molecule has 2 rings (SSSR count). The molecule has 0 amide bonds. The van der Waals surface area contributed by atoms with Crippen LogP contribution in [0.25, 0.3) is 0 Å². The highest BCUT2D eigenvalue weighted by atomic mass is 28.3. The average molecular weight is 242 g/mol. The van der Waals surface area contributed by atoms with E-state index in [1.807, 2.05) is 0 Å². The summed E-state index contributed by atoms with van der Waals surface area (Å²) in [4.78, 5) is 0. The molecule has 0 saturated carbocycles. The van der Waals surface area contributed by atoms with Crippen LogP contribution < -0.4 is 5.19 Å². The molecule has 0 heterocycles. The van der Waals surface area contributed by atoms with E-state index in [4.69, 9.17) is 0 Å². The van der Waals surface area contributed by atoms with Crippen molar-refractivity contribution in [3.05, 3.63) is 52.8 Å². The van der Waals surface area contributed by atoms with E-state index >= 15 is 0 Å². The van der Waals surface area contributed by atoms with Gasteiger partial charge in [-0.25, -0.2) is 0 Å². The molecule has 0 N–H and O–H groups in total. The molecule has 90 valence electrons. The molecule has 0 aromatic heterocycles. The maximum atomic E-state index is 2.48. The lowest BCUT2D eigenvalue weighted by Gasteiger charge is -2.26. The largest absolute Gasteiger partial charge is 0.108 e. The normalized spacial score (nSPS) is 15.8. The van der Waals surface area contributed by atoms with Crippen LogP contribution in [0.5, 0.6) is 0 Å². The molecule has 17 heavy (non-hydrogen) atoms. The molecule has 0 radical (unpaired) electrons. The van der Waals surface area contributed by atoms with Crippen LogP contribution in [0, 0.1) is 6.92 Å². The van der Waals surface area contributed by atoms with Crippen molar-refractivity contribution in [3.63, 3.8) is 0 Å². The Balaban J connectivity index is 2.40. The molecule has 0 saturated heterocycles. The number of benzene rings is 1. The average Bonchev–Trinajstić information content (AvgIpc) is 2.78. The Kier molecular flexibility index (Phi) is 3.39. The van der Waals surface area contributed by atoms with Gasteiger partial charge in [0.1, 0.15) is 8.07 Å². The van der Waals surface area contributed by atoms with Gasteiger partial charge in [-0.15, -0.1) is 0 Å². The summed E-state index contributed by atoms with van der Waals surface area (Å²) in [6.45, 7) is 9.39. The van der Waals surface area contributed by atoms with E-state index < -0.39 is 8.07 Å². The van der Waals surface area contributed by atoms with Crippen LogP contribution >= 0.6 is 0 Å². The lowest BCUT2D eigenvalue weighted by molar-refractivity contribution is 1.13. The van der Waals surface area contributed by atoms with Crippen LogP contribution in [0.3, 0.4) is 0 Å². The van der Waals surface area contributed by atoms with Crippen molar-refractivity contribution in [2.75, 3.05) is 0 Å². The fourth-order valence-corrected chi connectivity index (χ4v) is 5.72. The van der Waals surface area contributed by atoms with E-state index in [0.717, 1.165) is 0 Å². The number of allylic oxidation sites excluding steroid dienone is 4. The summed E-state index contributed by atoms with van der Waals surface area (Å²) in [6, 6.07) is 9.16. The minimum atomic E-state index is -1.44. The SMILES string of the molecule is CCC1=C([Si](C)(C)c2ccc(C)cc2)CC=C1. The molecule has 1 heteroatoms. The summed E-state index contributed by atoms with van der Waals surface area (Å²) in [7, 11) is -1.44. The molecule has 0 bridgehead atoms. The van der Waals surface area contributed by atoms with Gasteiger partial charge in [-0.2, -0.15) is 0 Å². The van der Waals surface area contributed by atoms with Crippen molar-refractivity contribution >= 4 is 13.3 Å². The summed E-state index contributed by atoms with van der Waals surface area (Å²) >= 11 is 0. The summed E-state index contributed by atoms with van der Waals surface area (Å²) in [6.07, 6.45) is 7.01. The Bertz CT molecular complexity index is 461. The zero-order valence-corrected chi connectivity index (χ0v) is 12.4. The lowest BCUT2D eigenvalue weighted by atomic mass is 10.2. The number of hydrogen-bond donors (Lipinski definition) is 0. The highest BCUT2D eigenvalue weighted by Gasteiger charge is 2.30. The van der Waals surface area contributed by atoms with Gasteiger partial charge in [0.2, 0.25) is 0 Å². The van der Waals surface area contributed by atoms with Crippen molar-refractivity contribution in [2.45, 2.75) is 39.8 Å². The molecule has 1 aromatic rings. The Labute approximate surface area is 106 Å². The zero-order chi connectivity index (χ0) is 12.5. The molecule has 1 aliphatic rings. The van der Waals surface area contributed by atoms with E-state index in [1.165, 1.54) is 18.4 Å². The van der Waals surface area contributed by atoms with Crippen molar-refractivity contribution in [3.8, 4) is 0 Å². The van der Waals surface area contributed by atoms with Gasteiger partial charge in [0.15, 0.2) is 0 Å². The first-order valence-corrected chi connectivity index (χ1v) is 9.52. The highest BCUT2D eigenvalue weighted by molar-refractivity contribution is 6.95. The van der Waals surface area contributed by atoms with Crippen LogP contribution in [0.1, 0.15) is 25.3 Å². The van der Waals surface area contributed by atoms with Crippen LogP contribution in [0.15, 0.2) is 47.2 Å². The van der Waals surface area contributed by atoms with E-state index in [1.54, 1.807) is 16.0 Å². The summed E-state index contributed by atoms with van der Waals surface area (Å²) in [5.74, 6) is 0. The fourth-order valence-electron chi connectivity index (χ4n) is 2.68. The van der Waals surface area contributed by atoms with E-state index in [-0.39, 0.29) is 0 Å². The maximum absolute atomic E-state index is 2.48. The van der Waals surface area contributed by atoms with Gasteiger partial charge in [-0.1, -0.05) is 78.0 Å². The van der Waals surface area contributed by atoms with Crippen molar-refractivity contribution < 1.29 is 0 Å². The van der Waals surface area contributed by atoms with Gasteiger partial charge >= 0.3 is 0 Å². The predicted molar refractivity (Wildman–Crippen MR) is 79.4 cm³/mol. The molecule has 0 fully saturated rings. The van der Waals surface area contributed by atoms with Gasteiger partial charge < -0.3 is 0 Å². The molecule has 0 unspecified atom stereocenters. The van der Waals surface area contributed by atoms with Crippen molar-refractivity contribution in [1.82, 2.24) is 0 Å². The van der Waals surface area contributed by atoms with Crippen LogP contribution in [0.4, 0.5) is 0 Å². The maximum Gasteiger partial charge on any atom is 0.108 e. The first-order chi connectivity index (χ1) is 8.05. The second-order valence-corrected chi connectivity index (χ2v) is 9.89. The number of aryl methyl sites for hydroxylation is 1. The third-order valence-electron chi connectivity index (χ3n) is 3.94. The lowest BCUT2D eigenvalue weighted by Crippen LogP contribution is -2.43. The number of hydrogen-bond acceptors (Lipinski definition) is 0. The second kappa shape index (κ2) is 4.65. The van der Waals surface area contributed by atoms with Crippen molar-refractivity contribution in [2.24, 2.45) is 0 Å². The molecular weight excluding hydrogens is 220 g/mol. The van der Waals surface area contributed by atoms with E-state index in [9.17, 15) is 0 Å². The summed E-state index contributed by atoms with van der Waals surface area (Å²) in [5, 5.41) is 3.29. The molecule has 0 nitrogen and oxygen atoms in total. The molecule has 0 spiro atoms. The van der Waals surface area contributed by atoms with Gasteiger partial charge in [-0.05, 0) is 19.8 Å². The number of rotatable bonds is 3. The minimum Gasteiger partial charge on any atom is -0.0806 e. The third kappa shape index (κ3) is 2.30. The molecule has 0 atom stereocenters. The quantitative estimate of drug-likeness (QED) is 0.700. The first kappa shape index (κ1) is 12.4. The smallest absolute Gasteiger partial charge is 0.0806 e. The van der Waals surface area contributed by atoms with Crippen LogP contribution in [0.2, 0.25) is 13.1 Å². The van der Waals surface area contributed by atoms with Crippen LogP contribution in [-0.2, 0) is 0 Å². The topological polar surface area (TPSA) is 0 Å². The Morgan fingerprint density at radius 3 is 2.35 bits per heavy atom. The van der Waals surface area contributed by atoms with Gasteiger partial charge in [0, 0.05) is 0 Å². The summed E-state index contributed by atoms with van der Waals surface area (Å²) < 4.78 is 0. The zero-order valence-electron chi connectivity index (χ0n) is 11.4. The van der Waals surface area contributed by atoms with Crippen molar-refractivity contribution in [1.29, 1.82) is 0 Å². The van der Waals surface area contributed by atoms with E-state index in [0.29, 0.717) is 0 Å². The van der Waals surface area contributed by atoms with E-state index in [2.05, 4.69) is 63.4 Å². The fraction of sp³-hybridized carbons (Fsp3) is 0.375. The van der Waals surface area contributed by atoms with Gasteiger partial charge in [-0.3, -0.25) is 0 Å². The van der Waals surface area contributed by atoms with Gasteiger partial charge in [0.05, 0.1) is 0 Å². The predicted octanol–water partition coefficient (Wildman–Crippen LogP) is 4.12. The Morgan fingerprint density at radius 2 is 1.76 bits per heavy atom. The monoisotopic (exact) mass is 242 g/mol. The third-order valence-corrected chi connectivity index (χ3v) is 7.75. The molecule has 0 aliphatic heterocycles. The highest BCUT2D eigenvalue weighted by Crippen LogP contribution is 2.29. The molecular formula is C16H22Si. The Hall–Kier alpha value is -1.08. The van der Waals surface area contributed by atoms with Gasteiger partial charge in [0.25, 0.3) is 0 Å². The summed E-state index contributed by atoms with van der Waals surface area (Å²) in [5.41, 5.74) is 2.94. The standard InChI is InChI=1S/C16H22Si/c1-5-14-7-6-8-16(14)17(3,4)15-11-9-13(2)10-12-15/h6-7,9-12H,5,8H2,1-4H3. The molecule has 1 aliphatic carbocycles. The van der Waals surface area contributed by atoms with Crippen LogP contribution in [-0.4, -0.2) is 8.07 Å². The second-order valence-electron chi connectivity index (χ2n) is 5.45. The minimum absolute atomic E-state index is 1.17.